The second-order valence-electron chi connectivity index (χ2n) is 4.88. The molecule has 2 atom stereocenters. The lowest BCUT2D eigenvalue weighted by atomic mass is 9.98. The molecular formula is C11H15F3N4O2. The van der Waals surface area contributed by atoms with Gasteiger partial charge in [-0.15, -0.1) is 0 Å². The van der Waals surface area contributed by atoms with E-state index >= 15 is 0 Å². The number of aromatic nitrogens is 2. The fraction of sp³-hybridized carbons (Fsp3) is 0.727. The summed E-state index contributed by atoms with van der Waals surface area (Å²) >= 11 is 0. The highest BCUT2D eigenvalue weighted by atomic mass is 19.4. The lowest BCUT2D eigenvalue weighted by Crippen LogP contribution is -2.54. The molecule has 20 heavy (non-hydrogen) atoms. The number of aryl methyl sites for hydroxylation is 1. The van der Waals surface area contributed by atoms with Crippen molar-refractivity contribution < 1.29 is 22.5 Å². The molecule has 0 aliphatic carbocycles. The number of piperidine rings is 1. The van der Waals surface area contributed by atoms with Crippen molar-refractivity contribution in [2.75, 3.05) is 13.6 Å². The number of amides is 1. The minimum atomic E-state index is -4.24. The molecule has 1 aliphatic heterocycles. The molecule has 1 fully saturated rings. The van der Waals surface area contributed by atoms with Gasteiger partial charge >= 0.3 is 6.18 Å². The van der Waals surface area contributed by atoms with Crippen LogP contribution in [-0.4, -0.2) is 52.8 Å². The first-order chi connectivity index (χ1) is 9.27. The van der Waals surface area contributed by atoms with Gasteiger partial charge in [-0.2, -0.15) is 18.2 Å². The maximum atomic E-state index is 12.7. The molecule has 0 radical (unpaired) electrons. The third kappa shape index (κ3) is 3.27. The third-order valence-electron chi connectivity index (χ3n) is 3.27. The predicted octanol–water partition coefficient (Wildman–Crippen LogP) is 1.13. The quantitative estimate of drug-likeness (QED) is 0.885. The molecule has 2 heterocycles. The third-order valence-corrected chi connectivity index (χ3v) is 3.27. The molecule has 2 rings (SSSR count). The SMILES string of the molecule is Cc1nc(C(=O)NC2CCC(C(F)(F)F)N(C)C2)no1. The van der Waals surface area contributed by atoms with E-state index in [2.05, 4.69) is 20.0 Å². The van der Waals surface area contributed by atoms with Crippen LogP contribution in [0, 0.1) is 6.92 Å². The zero-order valence-electron chi connectivity index (χ0n) is 11.1. The monoisotopic (exact) mass is 292 g/mol. The zero-order valence-corrected chi connectivity index (χ0v) is 11.1. The number of hydrogen-bond donors (Lipinski definition) is 1. The second kappa shape index (κ2) is 5.39. The molecule has 1 aromatic rings. The van der Waals surface area contributed by atoms with Gasteiger partial charge in [-0.1, -0.05) is 5.16 Å². The molecule has 1 saturated heterocycles. The minimum Gasteiger partial charge on any atom is -0.345 e. The Kier molecular flexibility index (Phi) is 3.98. The van der Waals surface area contributed by atoms with E-state index in [9.17, 15) is 18.0 Å². The average Bonchev–Trinajstić information content (AvgIpc) is 2.74. The first kappa shape index (κ1) is 14.8. The maximum absolute atomic E-state index is 12.7. The van der Waals surface area contributed by atoms with Gasteiger partial charge in [0.15, 0.2) is 0 Å². The van der Waals surface area contributed by atoms with Crippen LogP contribution >= 0.6 is 0 Å². The van der Waals surface area contributed by atoms with Crippen LogP contribution in [0.15, 0.2) is 4.52 Å². The van der Waals surface area contributed by atoms with Crippen LogP contribution in [-0.2, 0) is 0 Å². The Hall–Kier alpha value is -1.64. The molecule has 1 amide bonds. The Morgan fingerprint density at radius 1 is 1.45 bits per heavy atom. The van der Waals surface area contributed by atoms with Crippen molar-refractivity contribution in [3.8, 4) is 0 Å². The van der Waals surface area contributed by atoms with Crippen molar-refractivity contribution in [1.82, 2.24) is 20.4 Å². The van der Waals surface area contributed by atoms with Crippen molar-refractivity contribution >= 4 is 5.91 Å². The summed E-state index contributed by atoms with van der Waals surface area (Å²) in [5.74, 6) is -0.387. The molecule has 1 aromatic heterocycles. The number of nitrogens with zero attached hydrogens (tertiary/aromatic N) is 3. The van der Waals surface area contributed by atoms with Gasteiger partial charge in [-0.05, 0) is 19.9 Å². The fourth-order valence-corrected chi connectivity index (χ4v) is 2.32. The molecule has 6 nitrogen and oxygen atoms in total. The summed E-state index contributed by atoms with van der Waals surface area (Å²) in [5, 5.41) is 6.08. The molecule has 1 N–H and O–H groups in total. The number of likely N-dealkylation sites (tertiary alicyclic amines) is 1. The lowest BCUT2D eigenvalue weighted by molar-refractivity contribution is -0.188. The van der Waals surface area contributed by atoms with Crippen LogP contribution in [0.25, 0.3) is 0 Å². The molecule has 1 aliphatic rings. The van der Waals surface area contributed by atoms with Gasteiger partial charge in [-0.25, -0.2) is 0 Å². The Labute approximate surface area is 113 Å². The van der Waals surface area contributed by atoms with Gasteiger partial charge < -0.3 is 9.84 Å². The van der Waals surface area contributed by atoms with Crippen LogP contribution in [0.2, 0.25) is 0 Å². The number of hydrogen-bond acceptors (Lipinski definition) is 5. The number of nitrogens with one attached hydrogen (secondary N) is 1. The molecule has 0 bridgehead atoms. The van der Waals surface area contributed by atoms with Gasteiger partial charge in [0.1, 0.15) is 6.04 Å². The van der Waals surface area contributed by atoms with E-state index in [0.29, 0.717) is 0 Å². The van der Waals surface area contributed by atoms with Gasteiger partial charge in [0.25, 0.3) is 11.7 Å². The standard InChI is InChI=1S/C11H15F3N4O2/c1-6-15-9(17-20-6)10(19)16-7-3-4-8(11(12,13)14)18(2)5-7/h7-8H,3-5H2,1-2H3,(H,16,19). The summed E-state index contributed by atoms with van der Waals surface area (Å²) in [6, 6.07) is -1.81. The van der Waals surface area contributed by atoms with Crippen LogP contribution in [0.3, 0.4) is 0 Å². The van der Waals surface area contributed by atoms with Gasteiger partial charge in [0.05, 0.1) is 0 Å². The van der Waals surface area contributed by atoms with E-state index < -0.39 is 18.1 Å². The fourth-order valence-electron chi connectivity index (χ4n) is 2.32. The largest absolute Gasteiger partial charge is 0.404 e. The van der Waals surface area contributed by atoms with E-state index in [0.717, 1.165) is 0 Å². The number of carbonyl (C=O) groups excluding carboxylic acids is 1. The summed E-state index contributed by atoms with van der Waals surface area (Å²) in [6.45, 7) is 1.68. The first-order valence-electron chi connectivity index (χ1n) is 6.15. The normalized spacial score (nSPS) is 24.6. The molecule has 112 valence electrons. The number of carbonyl (C=O) groups is 1. The summed E-state index contributed by atoms with van der Waals surface area (Å²) in [4.78, 5) is 16.7. The lowest BCUT2D eigenvalue weighted by Gasteiger charge is -2.38. The van der Waals surface area contributed by atoms with Crippen LogP contribution < -0.4 is 5.32 Å². The van der Waals surface area contributed by atoms with E-state index in [1.54, 1.807) is 6.92 Å². The van der Waals surface area contributed by atoms with Crippen LogP contribution in [0.1, 0.15) is 29.4 Å². The van der Waals surface area contributed by atoms with Crippen molar-refractivity contribution in [1.29, 1.82) is 0 Å². The van der Waals surface area contributed by atoms with Gasteiger partial charge in [0, 0.05) is 19.5 Å². The average molecular weight is 292 g/mol. The van der Waals surface area contributed by atoms with Crippen LogP contribution in [0.4, 0.5) is 13.2 Å². The zero-order chi connectivity index (χ0) is 14.9. The van der Waals surface area contributed by atoms with Gasteiger partial charge in [-0.3, -0.25) is 9.69 Å². The van der Waals surface area contributed by atoms with Crippen LogP contribution in [0.5, 0.6) is 0 Å². The summed E-state index contributed by atoms with van der Waals surface area (Å²) in [7, 11) is 1.40. The highest BCUT2D eigenvalue weighted by Crippen LogP contribution is 2.30. The Morgan fingerprint density at radius 3 is 2.65 bits per heavy atom. The highest BCUT2D eigenvalue weighted by molar-refractivity contribution is 5.90. The van der Waals surface area contributed by atoms with Crippen molar-refractivity contribution in [2.45, 2.75) is 38.0 Å². The van der Waals surface area contributed by atoms with E-state index in [4.69, 9.17) is 0 Å². The molecule has 9 heteroatoms. The maximum Gasteiger partial charge on any atom is 0.404 e. The van der Waals surface area contributed by atoms with Gasteiger partial charge in [0.2, 0.25) is 5.89 Å². The Bertz CT molecular complexity index is 488. The predicted molar refractivity (Wildman–Crippen MR) is 62.0 cm³/mol. The van der Waals surface area contributed by atoms with E-state index in [-0.39, 0.29) is 37.1 Å². The Morgan fingerprint density at radius 2 is 2.15 bits per heavy atom. The topological polar surface area (TPSA) is 71.3 Å². The molecule has 0 saturated carbocycles. The highest BCUT2D eigenvalue weighted by Gasteiger charge is 2.44. The van der Waals surface area contributed by atoms with Crippen molar-refractivity contribution in [3.05, 3.63) is 11.7 Å². The molecule has 2 unspecified atom stereocenters. The van der Waals surface area contributed by atoms with E-state index in [1.807, 2.05) is 0 Å². The first-order valence-corrected chi connectivity index (χ1v) is 6.15. The Balaban J connectivity index is 1.92. The number of likely N-dealkylation sites (N-methyl/N-ethyl adjacent to an activating group) is 1. The van der Waals surface area contributed by atoms with E-state index in [1.165, 1.54) is 11.9 Å². The number of alkyl halides is 3. The second-order valence-corrected chi connectivity index (χ2v) is 4.88. The molecule has 0 spiro atoms. The number of rotatable bonds is 2. The smallest absolute Gasteiger partial charge is 0.345 e. The summed E-state index contributed by atoms with van der Waals surface area (Å²) < 4.78 is 42.7. The summed E-state index contributed by atoms with van der Waals surface area (Å²) in [5.41, 5.74) is 0. The van der Waals surface area contributed by atoms with Crippen molar-refractivity contribution in [2.24, 2.45) is 0 Å². The molecular weight excluding hydrogens is 277 g/mol. The molecule has 0 aromatic carbocycles. The number of halogens is 3. The van der Waals surface area contributed by atoms with Crippen molar-refractivity contribution in [3.63, 3.8) is 0 Å². The summed E-state index contributed by atoms with van der Waals surface area (Å²) in [6.07, 6.45) is -4.03. The minimum absolute atomic E-state index is 0.0454.